The van der Waals surface area contributed by atoms with Crippen LogP contribution in [0.5, 0.6) is 0 Å². The van der Waals surface area contributed by atoms with Crippen LogP contribution in [0.4, 0.5) is 4.39 Å². The van der Waals surface area contributed by atoms with E-state index in [1.807, 2.05) is 42.6 Å². The minimum atomic E-state index is -0.262. The number of amidine groups is 1. The van der Waals surface area contributed by atoms with Crippen LogP contribution in [0.3, 0.4) is 0 Å². The normalized spacial score (nSPS) is 12.1. The molecule has 40 heavy (non-hydrogen) atoms. The van der Waals surface area contributed by atoms with Crippen LogP contribution in [0.25, 0.3) is 33.5 Å². The molecule has 2 N–H and O–H groups in total. The molecule has 3 heterocycles. The zero-order valence-electron chi connectivity index (χ0n) is 25.0. The first-order chi connectivity index (χ1) is 19.4. The van der Waals surface area contributed by atoms with E-state index >= 15 is 0 Å². The van der Waals surface area contributed by atoms with Gasteiger partial charge in [-0.3, -0.25) is 9.98 Å². The molecule has 0 saturated carbocycles. The number of nitrogens with zero attached hydrogens (tertiary/aromatic N) is 4. The molecule has 0 aliphatic rings. The molecule has 4 rings (SSSR count). The van der Waals surface area contributed by atoms with Crippen molar-refractivity contribution >= 4 is 22.6 Å². The Kier molecular flexibility index (Phi) is 11.7. The molecule has 7 heteroatoms. The summed E-state index contributed by atoms with van der Waals surface area (Å²) in [4.78, 5) is 22.1. The van der Waals surface area contributed by atoms with Crippen molar-refractivity contribution in [3.05, 3.63) is 71.8 Å². The third-order valence-corrected chi connectivity index (χ3v) is 6.39. The average Bonchev–Trinajstić information content (AvgIpc) is 3.45. The lowest BCUT2D eigenvalue weighted by molar-refractivity contribution is 0.630. The van der Waals surface area contributed by atoms with Gasteiger partial charge in [0.1, 0.15) is 5.82 Å². The van der Waals surface area contributed by atoms with Crippen molar-refractivity contribution in [2.75, 3.05) is 20.1 Å². The van der Waals surface area contributed by atoms with E-state index in [4.69, 9.17) is 9.98 Å². The van der Waals surface area contributed by atoms with Crippen LogP contribution in [0.15, 0.2) is 64.8 Å². The molecule has 0 atom stereocenters. The lowest BCUT2D eigenvalue weighted by Crippen LogP contribution is -2.28. The van der Waals surface area contributed by atoms with Gasteiger partial charge in [0.2, 0.25) is 0 Å². The molecule has 3 aromatic heterocycles. The summed E-state index contributed by atoms with van der Waals surface area (Å²) in [6.07, 6.45) is 6.77. The molecule has 0 bridgehead atoms. The number of fused-ring (bicyclic) bond motifs is 1. The van der Waals surface area contributed by atoms with Gasteiger partial charge in [-0.05, 0) is 67.3 Å². The number of aryl methyl sites for hydroxylation is 1. The Morgan fingerprint density at radius 3 is 2.45 bits per heavy atom. The van der Waals surface area contributed by atoms with Gasteiger partial charge in [-0.25, -0.2) is 14.4 Å². The second kappa shape index (κ2) is 15.2. The van der Waals surface area contributed by atoms with Gasteiger partial charge >= 0.3 is 0 Å². The number of nitrogens with one attached hydrogen (secondary N) is 2. The standard InChI is InChI=1S/C30H35FN6.C3H8/c1-6-13-33-18-28(19(3)4)37-30(32-5)21-16-27-26(35-17-21)11-10-25(36-27)22-12-14-34-29(22)23-15-20(7-2)8-9-24(23)31;1-3-2/h8-12,14-17,19,33-34H,6-7,13,18H2,1-5H3;3H2,1-2H3. The average molecular weight is 543 g/mol. The van der Waals surface area contributed by atoms with Gasteiger partial charge < -0.3 is 10.3 Å². The zero-order valence-corrected chi connectivity index (χ0v) is 25.0. The number of rotatable bonds is 9. The second-order valence-corrected chi connectivity index (χ2v) is 10.1. The molecule has 0 aliphatic carbocycles. The topological polar surface area (TPSA) is 78.3 Å². The van der Waals surface area contributed by atoms with Crippen molar-refractivity contribution < 1.29 is 4.39 Å². The first-order valence-corrected chi connectivity index (χ1v) is 14.3. The molecule has 0 amide bonds. The van der Waals surface area contributed by atoms with E-state index in [1.54, 1.807) is 13.2 Å². The van der Waals surface area contributed by atoms with Gasteiger partial charge in [-0.1, -0.05) is 54.0 Å². The van der Waals surface area contributed by atoms with Crippen molar-refractivity contribution in [1.29, 1.82) is 0 Å². The van der Waals surface area contributed by atoms with Gasteiger partial charge in [0.25, 0.3) is 0 Å². The summed E-state index contributed by atoms with van der Waals surface area (Å²) in [5.41, 5.74) is 7.28. The van der Waals surface area contributed by atoms with E-state index in [0.717, 1.165) is 65.1 Å². The molecular formula is C33H43FN6. The monoisotopic (exact) mass is 542 g/mol. The minimum absolute atomic E-state index is 0.262. The number of H-pyrrole nitrogens is 1. The fourth-order valence-corrected chi connectivity index (χ4v) is 4.21. The van der Waals surface area contributed by atoms with E-state index in [2.05, 4.69) is 61.8 Å². The number of halogens is 1. The van der Waals surface area contributed by atoms with E-state index in [9.17, 15) is 4.39 Å². The summed E-state index contributed by atoms with van der Waals surface area (Å²) in [6.45, 7) is 14.4. The Balaban J connectivity index is 0.00000141. The van der Waals surface area contributed by atoms with Crippen LogP contribution < -0.4 is 5.32 Å². The van der Waals surface area contributed by atoms with Gasteiger partial charge in [0.15, 0.2) is 5.84 Å². The first kappa shape index (κ1) is 30.8. The summed E-state index contributed by atoms with van der Waals surface area (Å²) in [6, 6.07) is 13.0. The van der Waals surface area contributed by atoms with Crippen LogP contribution >= 0.6 is 0 Å². The van der Waals surface area contributed by atoms with Crippen molar-refractivity contribution in [2.24, 2.45) is 15.9 Å². The lowest BCUT2D eigenvalue weighted by Gasteiger charge is -2.12. The quantitative estimate of drug-likeness (QED) is 0.128. The number of aliphatic imine (C=N–C) groups is 2. The molecule has 6 nitrogen and oxygen atoms in total. The molecule has 0 fully saturated rings. The van der Waals surface area contributed by atoms with Gasteiger partial charge in [-0.15, -0.1) is 0 Å². The summed E-state index contributed by atoms with van der Waals surface area (Å²) >= 11 is 0. The first-order valence-electron chi connectivity index (χ1n) is 14.3. The SMILES string of the molecule is CCC.CCCNCC(=NC(=NC)c1cnc2ccc(-c3cc[nH]c3-c3cc(CC)ccc3F)nc2c1)C(C)C. The van der Waals surface area contributed by atoms with Gasteiger partial charge in [0, 0.05) is 48.4 Å². The number of hydrogen-bond acceptors (Lipinski definition) is 4. The second-order valence-electron chi connectivity index (χ2n) is 10.1. The van der Waals surface area contributed by atoms with E-state index in [1.165, 1.54) is 12.5 Å². The molecule has 0 unspecified atom stereocenters. The number of aromatic amines is 1. The summed E-state index contributed by atoms with van der Waals surface area (Å²) in [5.74, 6) is 0.656. The third-order valence-electron chi connectivity index (χ3n) is 6.39. The molecule has 0 saturated heterocycles. The van der Waals surface area contributed by atoms with Crippen LogP contribution in [-0.4, -0.2) is 46.6 Å². The highest BCUT2D eigenvalue weighted by Gasteiger charge is 2.16. The van der Waals surface area contributed by atoms with Crippen molar-refractivity contribution in [1.82, 2.24) is 20.3 Å². The number of aromatic nitrogens is 3. The Morgan fingerprint density at radius 1 is 1.00 bits per heavy atom. The van der Waals surface area contributed by atoms with Crippen LogP contribution in [0.2, 0.25) is 0 Å². The fourth-order valence-electron chi connectivity index (χ4n) is 4.21. The van der Waals surface area contributed by atoms with Gasteiger partial charge in [0.05, 0.1) is 22.4 Å². The highest BCUT2D eigenvalue weighted by Crippen LogP contribution is 2.33. The molecule has 0 spiro atoms. The maximum atomic E-state index is 14.8. The Morgan fingerprint density at radius 2 is 1.77 bits per heavy atom. The van der Waals surface area contributed by atoms with Crippen LogP contribution in [0, 0.1) is 11.7 Å². The largest absolute Gasteiger partial charge is 0.361 e. The summed E-state index contributed by atoms with van der Waals surface area (Å²) in [5, 5.41) is 3.44. The maximum Gasteiger partial charge on any atom is 0.155 e. The smallest absolute Gasteiger partial charge is 0.155 e. The predicted molar refractivity (Wildman–Crippen MR) is 168 cm³/mol. The Labute approximate surface area is 238 Å². The molecular weight excluding hydrogens is 499 g/mol. The lowest BCUT2D eigenvalue weighted by atomic mass is 10.0. The number of hydrogen-bond donors (Lipinski definition) is 2. The van der Waals surface area contributed by atoms with E-state index in [0.29, 0.717) is 17.1 Å². The van der Waals surface area contributed by atoms with Crippen LogP contribution in [-0.2, 0) is 6.42 Å². The molecule has 212 valence electrons. The maximum absolute atomic E-state index is 14.8. The Bertz CT molecular complexity index is 1450. The fraction of sp³-hybridized carbons (Fsp3) is 0.394. The summed E-state index contributed by atoms with van der Waals surface area (Å²) in [7, 11) is 1.75. The Hall–Kier alpha value is -3.71. The molecule has 0 aliphatic heterocycles. The third kappa shape index (κ3) is 7.69. The van der Waals surface area contributed by atoms with Crippen molar-refractivity contribution in [3.63, 3.8) is 0 Å². The minimum Gasteiger partial charge on any atom is -0.361 e. The van der Waals surface area contributed by atoms with E-state index < -0.39 is 0 Å². The van der Waals surface area contributed by atoms with Crippen molar-refractivity contribution in [2.45, 2.75) is 60.8 Å². The highest BCUT2D eigenvalue weighted by molar-refractivity contribution is 6.08. The molecule has 1 aromatic carbocycles. The highest BCUT2D eigenvalue weighted by atomic mass is 19.1. The van der Waals surface area contributed by atoms with Crippen molar-refractivity contribution in [3.8, 4) is 22.5 Å². The molecule has 0 radical (unpaired) electrons. The number of benzene rings is 1. The van der Waals surface area contributed by atoms with Gasteiger partial charge in [-0.2, -0.15) is 0 Å². The van der Waals surface area contributed by atoms with E-state index in [-0.39, 0.29) is 11.7 Å². The molecule has 4 aromatic rings. The number of pyridine rings is 2. The zero-order chi connectivity index (χ0) is 29.1. The predicted octanol–water partition coefficient (Wildman–Crippen LogP) is 7.88. The summed E-state index contributed by atoms with van der Waals surface area (Å²) < 4.78 is 14.8. The van der Waals surface area contributed by atoms with Crippen LogP contribution in [0.1, 0.15) is 65.5 Å².